The number of piperidine rings is 1. The summed E-state index contributed by atoms with van der Waals surface area (Å²) in [6.07, 6.45) is 2.32. The molecule has 2 aromatic heterocycles. The van der Waals surface area contributed by atoms with Crippen LogP contribution in [0.25, 0.3) is 10.2 Å². The second kappa shape index (κ2) is 6.15. The van der Waals surface area contributed by atoms with Crippen molar-refractivity contribution >= 4 is 33.3 Å². The molecule has 0 aliphatic carbocycles. The smallest absolute Gasteiger partial charge is 0.226 e. The van der Waals surface area contributed by atoms with Crippen molar-refractivity contribution in [3.8, 4) is 0 Å². The third-order valence-electron chi connectivity index (χ3n) is 4.21. The van der Waals surface area contributed by atoms with Gasteiger partial charge in [-0.2, -0.15) is 4.98 Å². The number of likely N-dealkylation sites (tertiary alicyclic amines) is 1. The van der Waals surface area contributed by atoms with Gasteiger partial charge in [-0.25, -0.2) is 4.98 Å². The number of thiophene rings is 1. The van der Waals surface area contributed by atoms with Crippen molar-refractivity contribution in [2.45, 2.75) is 38.8 Å². The molecule has 0 bridgehead atoms. The zero-order chi connectivity index (χ0) is 14.8. The number of hydrogen-bond donors (Lipinski definition) is 2. The molecule has 5 nitrogen and oxygen atoms in total. The van der Waals surface area contributed by atoms with Crippen molar-refractivity contribution in [1.29, 1.82) is 0 Å². The first kappa shape index (κ1) is 14.5. The lowest BCUT2D eigenvalue weighted by Crippen LogP contribution is -2.42. The van der Waals surface area contributed by atoms with Gasteiger partial charge in [0.2, 0.25) is 5.95 Å². The highest BCUT2D eigenvalue weighted by atomic mass is 32.1. The van der Waals surface area contributed by atoms with E-state index < -0.39 is 0 Å². The zero-order valence-electron chi connectivity index (χ0n) is 12.9. The summed E-state index contributed by atoms with van der Waals surface area (Å²) in [6.45, 7) is 6.32. The minimum atomic E-state index is 0.490. The third-order valence-corrected chi connectivity index (χ3v) is 5.02. The predicted octanol–water partition coefficient (Wildman–Crippen LogP) is 3.02. The van der Waals surface area contributed by atoms with E-state index in [1.807, 2.05) is 0 Å². The summed E-state index contributed by atoms with van der Waals surface area (Å²) < 4.78 is 0. The fourth-order valence-electron chi connectivity index (χ4n) is 2.82. The highest BCUT2D eigenvalue weighted by molar-refractivity contribution is 7.16. The minimum Gasteiger partial charge on any atom is -0.367 e. The van der Waals surface area contributed by atoms with Crippen LogP contribution in [-0.4, -0.2) is 47.1 Å². The van der Waals surface area contributed by atoms with Crippen LogP contribution in [0.4, 0.5) is 11.8 Å². The summed E-state index contributed by atoms with van der Waals surface area (Å²) >= 11 is 1.67. The Morgan fingerprint density at radius 1 is 1.43 bits per heavy atom. The van der Waals surface area contributed by atoms with Crippen molar-refractivity contribution in [3.63, 3.8) is 0 Å². The number of nitrogens with zero attached hydrogens (tertiary/aromatic N) is 3. The van der Waals surface area contributed by atoms with Gasteiger partial charge in [-0.1, -0.05) is 0 Å². The molecule has 0 aromatic carbocycles. The topological polar surface area (TPSA) is 53.1 Å². The van der Waals surface area contributed by atoms with Gasteiger partial charge in [-0.15, -0.1) is 11.3 Å². The number of anilines is 2. The Morgan fingerprint density at radius 2 is 2.29 bits per heavy atom. The Bertz CT molecular complexity index is 611. The number of rotatable bonds is 4. The highest BCUT2D eigenvalue weighted by Crippen LogP contribution is 2.28. The van der Waals surface area contributed by atoms with Crippen molar-refractivity contribution in [2.24, 2.45) is 0 Å². The van der Waals surface area contributed by atoms with Gasteiger partial charge in [-0.05, 0) is 45.2 Å². The molecule has 0 spiro atoms. The number of fused-ring (bicyclic) bond motifs is 1. The molecule has 0 saturated carbocycles. The molecule has 21 heavy (non-hydrogen) atoms. The van der Waals surface area contributed by atoms with Gasteiger partial charge in [0.25, 0.3) is 0 Å². The molecule has 0 amide bonds. The highest BCUT2D eigenvalue weighted by Gasteiger charge is 2.23. The maximum absolute atomic E-state index is 4.66. The molecule has 2 N–H and O–H groups in total. The lowest BCUT2D eigenvalue weighted by molar-refractivity contribution is 0.190. The first-order valence-corrected chi connectivity index (χ1v) is 8.51. The predicted molar refractivity (Wildman–Crippen MR) is 90.3 cm³/mol. The van der Waals surface area contributed by atoms with E-state index in [4.69, 9.17) is 0 Å². The maximum atomic E-state index is 4.66. The molecule has 0 radical (unpaired) electrons. The van der Waals surface area contributed by atoms with E-state index in [2.05, 4.69) is 57.8 Å². The van der Waals surface area contributed by atoms with E-state index in [9.17, 15) is 0 Å². The molecular formula is C15H23N5S. The Balaban J connectivity index is 1.83. The Morgan fingerprint density at radius 3 is 3.05 bits per heavy atom. The zero-order valence-corrected chi connectivity index (χ0v) is 13.7. The Hall–Kier alpha value is -1.40. The van der Waals surface area contributed by atoms with Crippen LogP contribution >= 0.6 is 11.3 Å². The molecule has 1 fully saturated rings. The van der Waals surface area contributed by atoms with E-state index in [1.165, 1.54) is 0 Å². The summed E-state index contributed by atoms with van der Waals surface area (Å²) in [5.41, 5.74) is 0. The van der Waals surface area contributed by atoms with Gasteiger partial charge in [0, 0.05) is 25.2 Å². The lowest BCUT2D eigenvalue weighted by atomic mass is 9.99. The minimum absolute atomic E-state index is 0.490. The van der Waals surface area contributed by atoms with Crippen LogP contribution in [0.2, 0.25) is 0 Å². The SMILES string of the molecule is CCNc1nc(NC2CCN(C)C(C)C2)c2ccsc2n1. The lowest BCUT2D eigenvalue weighted by Gasteiger charge is -2.35. The van der Waals surface area contributed by atoms with E-state index in [0.29, 0.717) is 12.1 Å². The summed E-state index contributed by atoms with van der Waals surface area (Å²) in [7, 11) is 2.20. The van der Waals surface area contributed by atoms with Crippen LogP contribution in [0, 0.1) is 0 Å². The normalized spacial score (nSPS) is 23.4. The van der Waals surface area contributed by atoms with E-state index in [-0.39, 0.29) is 0 Å². The van der Waals surface area contributed by atoms with Crippen molar-refractivity contribution < 1.29 is 0 Å². The quantitative estimate of drug-likeness (QED) is 0.909. The first-order chi connectivity index (χ1) is 10.2. The van der Waals surface area contributed by atoms with E-state index in [0.717, 1.165) is 47.9 Å². The largest absolute Gasteiger partial charge is 0.367 e. The first-order valence-electron chi connectivity index (χ1n) is 7.63. The molecule has 1 aliphatic heterocycles. The second-order valence-electron chi connectivity index (χ2n) is 5.76. The molecule has 2 unspecified atom stereocenters. The van der Waals surface area contributed by atoms with Crippen LogP contribution in [0.5, 0.6) is 0 Å². The molecule has 2 atom stereocenters. The standard InChI is InChI=1S/C15H23N5S/c1-4-16-15-18-13(12-6-8-21-14(12)19-15)17-11-5-7-20(3)10(2)9-11/h6,8,10-11H,4-5,7,9H2,1-3H3,(H2,16,17,18,19). The molecule has 1 aliphatic rings. The Kier molecular flexibility index (Phi) is 4.26. The number of hydrogen-bond acceptors (Lipinski definition) is 6. The molecular weight excluding hydrogens is 282 g/mol. The molecule has 3 heterocycles. The third kappa shape index (κ3) is 3.11. The summed E-state index contributed by atoms with van der Waals surface area (Å²) in [6, 6.07) is 3.21. The molecule has 2 aromatic rings. The van der Waals surface area contributed by atoms with Gasteiger partial charge in [-0.3, -0.25) is 0 Å². The van der Waals surface area contributed by atoms with Gasteiger partial charge in [0.15, 0.2) is 0 Å². The van der Waals surface area contributed by atoms with Crippen molar-refractivity contribution in [2.75, 3.05) is 30.8 Å². The summed E-state index contributed by atoms with van der Waals surface area (Å²) in [4.78, 5) is 12.7. The average Bonchev–Trinajstić information content (AvgIpc) is 2.92. The maximum Gasteiger partial charge on any atom is 0.226 e. The van der Waals surface area contributed by atoms with E-state index in [1.54, 1.807) is 11.3 Å². The van der Waals surface area contributed by atoms with Crippen LogP contribution in [0.3, 0.4) is 0 Å². The van der Waals surface area contributed by atoms with Crippen LogP contribution in [0.1, 0.15) is 26.7 Å². The van der Waals surface area contributed by atoms with Gasteiger partial charge in [0.1, 0.15) is 10.6 Å². The summed E-state index contributed by atoms with van der Waals surface area (Å²) in [5, 5.41) is 10.1. The van der Waals surface area contributed by atoms with E-state index >= 15 is 0 Å². The van der Waals surface area contributed by atoms with Crippen molar-refractivity contribution in [3.05, 3.63) is 11.4 Å². The Labute approximate surface area is 129 Å². The fourth-order valence-corrected chi connectivity index (χ4v) is 3.58. The van der Waals surface area contributed by atoms with Gasteiger partial charge >= 0.3 is 0 Å². The van der Waals surface area contributed by atoms with Crippen molar-refractivity contribution in [1.82, 2.24) is 14.9 Å². The number of aromatic nitrogens is 2. The number of nitrogens with one attached hydrogen (secondary N) is 2. The van der Waals surface area contributed by atoms with Crippen LogP contribution in [-0.2, 0) is 0 Å². The monoisotopic (exact) mass is 305 g/mol. The second-order valence-corrected chi connectivity index (χ2v) is 6.66. The average molecular weight is 305 g/mol. The van der Waals surface area contributed by atoms with Crippen LogP contribution in [0.15, 0.2) is 11.4 Å². The molecule has 3 rings (SSSR count). The molecule has 114 valence electrons. The fraction of sp³-hybridized carbons (Fsp3) is 0.600. The van der Waals surface area contributed by atoms with Gasteiger partial charge in [0.05, 0.1) is 5.39 Å². The molecule has 6 heteroatoms. The molecule has 1 saturated heterocycles. The van der Waals surface area contributed by atoms with Crippen LogP contribution < -0.4 is 10.6 Å². The summed E-state index contributed by atoms with van der Waals surface area (Å²) in [5.74, 6) is 1.69. The van der Waals surface area contributed by atoms with Gasteiger partial charge < -0.3 is 15.5 Å².